The molecule has 6 nitrogen and oxygen atoms in total. The molecule has 1 fully saturated rings. The van der Waals surface area contributed by atoms with Gasteiger partial charge in [0.05, 0.1) is 18.1 Å². The molecule has 0 aromatic carbocycles. The van der Waals surface area contributed by atoms with Crippen LogP contribution in [0.4, 0.5) is 0 Å². The molecule has 0 bridgehead atoms. The number of carbonyl (C=O) groups is 1. The number of nitrogens with zero attached hydrogens (tertiary/aromatic N) is 1. The number of amides is 1. The molecule has 0 aliphatic carbocycles. The molecule has 0 aromatic heterocycles. The van der Waals surface area contributed by atoms with Gasteiger partial charge in [0, 0.05) is 19.0 Å². The fourth-order valence-corrected chi connectivity index (χ4v) is 4.29. The zero-order valence-electron chi connectivity index (χ0n) is 12.0. The molecule has 20 heavy (non-hydrogen) atoms. The zero-order chi connectivity index (χ0) is 15.0. The maximum absolute atomic E-state index is 12.2. The highest BCUT2D eigenvalue weighted by Gasteiger charge is 2.33. The van der Waals surface area contributed by atoms with Gasteiger partial charge in [-0.25, -0.2) is 8.42 Å². The molecule has 3 N–H and O–H groups in total. The number of rotatable bonds is 9. The topological polar surface area (TPSA) is 101 Å². The first-order valence-electron chi connectivity index (χ1n) is 7.31. The van der Waals surface area contributed by atoms with Crippen molar-refractivity contribution in [2.45, 2.75) is 44.6 Å². The molecule has 7 heteroatoms. The van der Waals surface area contributed by atoms with E-state index in [1.54, 1.807) is 4.90 Å². The number of unbranched alkanes of at least 4 members (excludes halogenated alkanes) is 3. The van der Waals surface area contributed by atoms with E-state index < -0.39 is 9.84 Å². The van der Waals surface area contributed by atoms with Gasteiger partial charge in [0.25, 0.3) is 0 Å². The number of sulfone groups is 1. The van der Waals surface area contributed by atoms with Gasteiger partial charge >= 0.3 is 0 Å². The van der Waals surface area contributed by atoms with Crippen LogP contribution < -0.4 is 5.73 Å². The van der Waals surface area contributed by atoms with E-state index >= 15 is 0 Å². The van der Waals surface area contributed by atoms with E-state index in [0.717, 1.165) is 25.7 Å². The van der Waals surface area contributed by atoms with Gasteiger partial charge in [-0.2, -0.15) is 0 Å². The van der Waals surface area contributed by atoms with Crippen molar-refractivity contribution in [2.75, 3.05) is 31.2 Å². The average Bonchev–Trinajstić information content (AvgIpc) is 2.75. The van der Waals surface area contributed by atoms with Gasteiger partial charge < -0.3 is 15.7 Å². The van der Waals surface area contributed by atoms with Crippen molar-refractivity contribution < 1.29 is 18.3 Å². The average molecular weight is 306 g/mol. The van der Waals surface area contributed by atoms with Crippen LogP contribution in [-0.2, 0) is 14.6 Å². The number of hydrogen-bond donors (Lipinski definition) is 2. The van der Waals surface area contributed by atoms with Crippen molar-refractivity contribution in [3.8, 4) is 0 Å². The van der Waals surface area contributed by atoms with Gasteiger partial charge in [0.15, 0.2) is 9.84 Å². The minimum Gasteiger partial charge on any atom is -0.395 e. The Labute approximate surface area is 121 Å². The summed E-state index contributed by atoms with van der Waals surface area (Å²) in [6, 6.07) is -0.260. The van der Waals surface area contributed by atoms with Crippen LogP contribution in [0, 0.1) is 0 Å². The monoisotopic (exact) mass is 306 g/mol. The smallest absolute Gasteiger partial charge is 0.222 e. The van der Waals surface area contributed by atoms with Gasteiger partial charge in [-0.05, 0) is 25.8 Å². The first-order valence-corrected chi connectivity index (χ1v) is 9.13. The van der Waals surface area contributed by atoms with Crippen LogP contribution >= 0.6 is 0 Å². The van der Waals surface area contributed by atoms with E-state index in [1.807, 2.05) is 0 Å². The lowest BCUT2D eigenvalue weighted by Gasteiger charge is -2.27. The third kappa shape index (κ3) is 5.76. The summed E-state index contributed by atoms with van der Waals surface area (Å²) < 4.78 is 23.0. The number of nitrogens with two attached hydrogens (primary N) is 1. The largest absolute Gasteiger partial charge is 0.395 e. The molecule has 1 heterocycles. The van der Waals surface area contributed by atoms with Crippen LogP contribution in [0.2, 0.25) is 0 Å². The molecule has 118 valence electrons. The van der Waals surface area contributed by atoms with Crippen LogP contribution in [0.25, 0.3) is 0 Å². The summed E-state index contributed by atoms with van der Waals surface area (Å²) in [6.07, 6.45) is 4.64. The third-order valence-corrected chi connectivity index (χ3v) is 5.41. The summed E-state index contributed by atoms with van der Waals surface area (Å²) >= 11 is 0. The van der Waals surface area contributed by atoms with E-state index in [4.69, 9.17) is 10.8 Å². The van der Waals surface area contributed by atoms with E-state index in [2.05, 4.69) is 0 Å². The Kier molecular flexibility index (Phi) is 7.47. The van der Waals surface area contributed by atoms with Crippen LogP contribution in [0.1, 0.15) is 38.5 Å². The van der Waals surface area contributed by atoms with Crippen molar-refractivity contribution in [3.05, 3.63) is 0 Å². The number of hydrogen-bond acceptors (Lipinski definition) is 5. The molecular weight excluding hydrogens is 280 g/mol. The first kappa shape index (κ1) is 17.4. The molecule has 1 rings (SSSR count). The Bertz CT molecular complexity index is 397. The quantitative estimate of drug-likeness (QED) is 0.580. The van der Waals surface area contributed by atoms with Gasteiger partial charge in [-0.3, -0.25) is 4.79 Å². The van der Waals surface area contributed by atoms with Gasteiger partial charge in [-0.15, -0.1) is 0 Å². The summed E-state index contributed by atoms with van der Waals surface area (Å²) in [5.41, 5.74) is 5.41. The van der Waals surface area contributed by atoms with Crippen molar-refractivity contribution in [1.82, 2.24) is 4.90 Å². The Morgan fingerprint density at radius 1 is 1.25 bits per heavy atom. The second-order valence-electron chi connectivity index (χ2n) is 5.32. The second kappa shape index (κ2) is 8.59. The normalized spacial score (nSPS) is 21.0. The minimum absolute atomic E-state index is 0.0336. The molecule has 1 aliphatic heterocycles. The molecular formula is C13H26N2O4S. The lowest BCUT2D eigenvalue weighted by Crippen LogP contribution is -2.42. The van der Waals surface area contributed by atoms with Gasteiger partial charge in [0.1, 0.15) is 0 Å². The molecule has 1 saturated heterocycles. The van der Waals surface area contributed by atoms with Crippen LogP contribution in [0.15, 0.2) is 0 Å². The van der Waals surface area contributed by atoms with Gasteiger partial charge in [0.2, 0.25) is 5.91 Å². The Morgan fingerprint density at radius 2 is 1.95 bits per heavy atom. The molecule has 0 radical (unpaired) electrons. The molecule has 1 atom stereocenters. The molecule has 0 saturated carbocycles. The van der Waals surface area contributed by atoms with Crippen LogP contribution in [0.5, 0.6) is 0 Å². The number of aliphatic hydroxyl groups excluding tert-OH is 1. The maximum atomic E-state index is 12.2. The predicted octanol–water partition coefficient (Wildman–Crippen LogP) is -0.0964. The Hall–Kier alpha value is -0.660. The fourth-order valence-electron chi connectivity index (χ4n) is 2.56. The summed E-state index contributed by atoms with van der Waals surface area (Å²) in [7, 11) is -3.01. The predicted molar refractivity (Wildman–Crippen MR) is 78.0 cm³/mol. The zero-order valence-corrected chi connectivity index (χ0v) is 12.8. The molecule has 0 aromatic rings. The highest BCUT2D eigenvalue weighted by molar-refractivity contribution is 7.91. The lowest BCUT2D eigenvalue weighted by molar-refractivity contribution is -0.133. The van der Waals surface area contributed by atoms with Crippen LogP contribution in [-0.4, -0.2) is 61.6 Å². The van der Waals surface area contributed by atoms with E-state index in [1.165, 1.54) is 0 Å². The highest BCUT2D eigenvalue weighted by atomic mass is 32.2. The second-order valence-corrected chi connectivity index (χ2v) is 7.55. The molecule has 1 aliphatic rings. The molecule has 0 spiro atoms. The SMILES string of the molecule is NCCCCCCC(=O)N(CCO)C1CCS(=O)(=O)C1. The summed E-state index contributed by atoms with van der Waals surface area (Å²) in [4.78, 5) is 13.7. The summed E-state index contributed by atoms with van der Waals surface area (Å²) in [5.74, 6) is 0.129. The van der Waals surface area contributed by atoms with Crippen LogP contribution in [0.3, 0.4) is 0 Å². The standard InChI is InChI=1S/C13H26N2O4S/c14-7-4-2-1-3-5-13(17)15(8-9-16)12-6-10-20(18,19)11-12/h12,16H,1-11,14H2. The van der Waals surface area contributed by atoms with Crippen molar-refractivity contribution in [1.29, 1.82) is 0 Å². The van der Waals surface area contributed by atoms with Crippen molar-refractivity contribution in [3.63, 3.8) is 0 Å². The summed E-state index contributed by atoms with van der Waals surface area (Å²) in [6.45, 7) is 0.766. The molecule has 1 unspecified atom stereocenters. The Balaban J connectivity index is 2.43. The summed E-state index contributed by atoms with van der Waals surface area (Å²) in [5, 5.41) is 9.06. The van der Waals surface area contributed by atoms with E-state index in [0.29, 0.717) is 19.4 Å². The molecule has 1 amide bonds. The minimum atomic E-state index is -3.01. The third-order valence-electron chi connectivity index (χ3n) is 3.66. The fraction of sp³-hybridized carbons (Fsp3) is 0.923. The Morgan fingerprint density at radius 3 is 2.50 bits per heavy atom. The van der Waals surface area contributed by atoms with E-state index in [-0.39, 0.29) is 36.6 Å². The van der Waals surface area contributed by atoms with Crippen molar-refractivity contribution >= 4 is 15.7 Å². The number of carbonyl (C=O) groups excluding carboxylic acids is 1. The first-order chi connectivity index (χ1) is 9.50. The number of aliphatic hydroxyl groups is 1. The van der Waals surface area contributed by atoms with E-state index in [9.17, 15) is 13.2 Å². The maximum Gasteiger partial charge on any atom is 0.222 e. The van der Waals surface area contributed by atoms with Crippen molar-refractivity contribution in [2.24, 2.45) is 5.73 Å². The lowest BCUT2D eigenvalue weighted by atomic mass is 10.1. The highest BCUT2D eigenvalue weighted by Crippen LogP contribution is 2.19. The van der Waals surface area contributed by atoms with Gasteiger partial charge in [-0.1, -0.05) is 12.8 Å².